The van der Waals surface area contributed by atoms with Gasteiger partial charge in [-0.15, -0.1) is 0 Å². The second kappa shape index (κ2) is 9.41. The third-order valence-electron chi connectivity index (χ3n) is 5.49. The van der Waals surface area contributed by atoms with Crippen LogP contribution in [-0.2, 0) is 4.79 Å². The minimum Gasteiger partial charge on any atom is -0.507 e. The Bertz CT molecular complexity index is 1030. The summed E-state index contributed by atoms with van der Waals surface area (Å²) < 4.78 is 10.8. The zero-order valence-electron chi connectivity index (χ0n) is 17.5. The number of ketones is 1. The van der Waals surface area contributed by atoms with E-state index in [9.17, 15) is 19.8 Å². The molecule has 7 nitrogen and oxygen atoms in total. The molecule has 1 fully saturated rings. The number of halogens is 1. The number of aromatic hydroxyl groups is 1. The zero-order chi connectivity index (χ0) is 22.7. The molecule has 0 aliphatic carbocycles. The Morgan fingerprint density at radius 1 is 1.26 bits per heavy atom. The number of methoxy groups -OCH3 is 2. The quantitative estimate of drug-likeness (QED) is 0.502. The van der Waals surface area contributed by atoms with Crippen LogP contribution >= 0.6 is 11.6 Å². The normalized spacial score (nSPS) is 18.6. The summed E-state index contributed by atoms with van der Waals surface area (Å²) >= 11 is 6.14. The van der Waals surface area contributed by atoms with Crippen molar-refractivity contribution >= 4 is 29.4 Å². The summed E-state index contributed by atoms with van der Waals surface area (Å²) in [6.45, 7) is -0.123. The average molecular weight is 446 g/mol. The fraction of sp³-hybridized carbons (Fsp3) is 0.304. The standard InChI is InChI=1S/C23H24ClNO6/c1-25-11-14(15(12-26)23(25)29)20-18(30-2)10-19(31-3)21(22(20)28)17(27)9-8-13-6-4-5-7-16(13)24/h4-10,14-15,26,28H,11-12H2,1-3H3/b9-8+. The van der Waals surface area contributed by atoms with Gasteiger partial charge in [0.15, 0.2) is 5.78 Å². The van der Waals surface area contributed by atoms with Crippen LogP contribution in [0.5, 0.6) is 17.2 Å². The summed E-state index contributed by atoms with van der Waals surface area (Å²) in [6.07, 6.45) is 2.85. The van der Waals surface area contributed by atoms with Crippen molar-refractivity contribution in [1.82, 2.24) is 4.90 Å². The lowest BCUT2D eigenvalue weighted by Crippen LogP contribution is -2.24. The number of aliphatic hydroxyl groups is 1. The van der Waals surface area contributed by atoms with Crippen molar-refractivity contribution in [2.45, 2.75) is 5.92 Å². The first-order chi connectivity index (χ1) is 14.8. The number of phenols is 1. The number of aliphatic hydroxyl groups excluding tert-OH is 1. The number of likely N-dealkylation sites (N-methyl/N-ethyl adjacent to an activating group) is 1. The number of carbonyl (C=O) groups is 2. The zero-order valence-corrected chi connectivity index (χ0v) is 18.2. The number of hydrogen-bond donors (Lipinski definition) is 2. The van der Waals surface area contributed by atoms with E-state index in [4.69, 9.17) is 21.1 Å². The van der Waals surface area contributed by atoms with Crippen LogP contribution in [0.1, 0.15) is 27.4 Å². The van der Waals surface area contributed by atoms with E-state index in [0.29, 0.717) is 10.6 Å². The fourth-order valence-corrected chi connectivity index (χ4v) is 4.09. The maximum atomic E-state index is 13.0. The van der Waals surface area contributed by atoms with Gasteiger partial charge in [-0.25, -0.2) is 0 Å². The molecule has 164 valence electrons. The molecular formula is C23H24ClNO6. The Morgan fingerprint density at radius 3 is 2.55 bits per heavy atom. The number of allylic oxidation sites excluding steroid dienone is 1. The van der Waals surface area contributed by atoms with Crippen LogP contribution < -0.4 is 9.47 Å². The van der Waals surface area contributed by atoms with Gasteiger partial charge in [0.2, 0.25) is 5.91 Å². The van der Waals surface area contributed by atoms with Crippen LogP contribution in [0.2, 0.25) is 5.02 Å². The van der Waals surface area contributed by atoms with Gasteiger partial charge < -0.3 is 24.6 Å². The van der Waals surface area contributed by atoms with Gasteiger partial charge in [0, 0.05) is 36.2 Å². The van der Waals surface area contributed by atoms with Crippen LogP contribution in [0, 0.1) is 5.92 Å². The first-order valence-corrected chi connectivity index (χ1v) is 10.0. The second-order valence-electron chi connectivity index (χ2n) is 7.25. The maximum absolute atomic E-state index is 13.0. The predicted octanol–water partition coefficient (Wildman–Crippen LogP) is 3.12. The molecule has 31 heavy (non-hydrogen) atoms. The van der Waals surface area contributed by atoms with Crippen molar-refractivity contribution in [1.29, 1.82) is 0 Å². The molecule has 1 amide bonds. The van der Waals surface area contributed by atoms with Gasteiger partial charge in [-0.3, -0.25) is 9.59 Å². The Balaban J connectivity index is 2.10. The molecule has 1 aliphatic heterocycles. The molecular weight excluding hydrogens is 422 g/mol. The van der Waals surface area contributed by atoms with Gasteiger partial charge in [-0.05, 0) is 23.8 Å². The second-order valence-corrected chi connectivity index (χ2v) is 7.66. The highest BCUT2D eigenvalue weighted by Crippen LogP contribution is 2.47. The van der Waals surface area contributed by atoms with Crippen LogP contribution in [0.15, 0.2) is 36.4 Å². The van der Waals surface area contributed by atoms with Crippen LogP contribution in [0.4, 0.5) is 0 Å². The number of benzene rings is 2. The molecule has 1 saturated heterocycles. The lowest BCUT2D eigenvalue weighted by Gasteiger charge is -2.22. The lowest BCUT2D eigenvalue weighted by molar-refractivity contribution is -0.130. The summed E-state index contributed by atoms with van der Waals surface area (Å²) in [4.78, 5) is 26.9. The summed E-state index contributed by atoms with van der Waals surface area (Å²) in [6, 6.07) is 8.54. The highest BCUT2D eigenvalue weighted by Gasteiger charge is 2.42. The van der Waals surface area contributed by atoms with Crippen molar-refractivity contribution in [3.05, 3.63) is 58.1 Å². The Hall–Kier alpha value is -3.03. The van der Waals surface area contributed by atoms with Gasteiger partial charge >= 0.3 is 0 Å². The Kier molecular flexibility index (Phi) is 6.87. The topological polar surface area (TPSA) is 96.3 Å². The van der Waals surface area contributed by atoms with E-state index >= 15 is 0 Å². The smallest absolute Gasteiger partial charge is 0.228 e. The minimum absolute atomic E-state index is 0.0553. The Labute approximate surface area is 185 Å². The molecule has 0 saturated carbocycles. The molecule has 2 aromatic rings. The third-order valence-corrected chi connectivity index (χ3v) is 5.83. The molecule has 2 unspecified atom stereocenters. The fourth-order valence-electron chi connectivity index (χ4n) is 3.89. The molecule has 8 heteroatoms. The number of likely N-dealkylation sites (tertiary alicyclic amines) is 1. The number of phenolic OH excluding ortho intramolecular Hbond substituents is 1. The third kappa shape index (κ3) is 4.24. The molecule has 3 rings (SSSR count). The van der Waals surface area contributed by atoms with Crippen LogP contribution in [0.25, 0.3) is 6.08 Å². The van der Waals surface area contributed by atoms with Crippen molar-refractivity contribution in [3.63, 3.8) is 0 Å². The predicted molar refractivity (Wildman–Crippen MR) is 117 cm³/mol. The van der Waals surface area contributed by atoms with Gasteiger partial charge in [0.1, 0.15) is 22.8 Å². The van der Waals surface area contributed by atoms with Gasteiger partial charge in [0.25, 0.3) is 0 Å². The van der Waals surface area contributed by atoms with Crippen molar-refractivity contribution < 1.29 is 29.3 Å². The van der Waals surface area contributed by atoms with Gasteiger partial charge in [0.05, 0.1) is 26.7 Å². The highest BCUT2D eigenvalue weighted by atomic mass is 35.5. The monoisotopic (exact) mass is 445 g/mol. The highest BCUT2D eigenvalue weighted by molar-refractivity contribution is 6.32. The summed E-state index contributed by atoms with van der Waals surface area (Å²) in [5.41, 5.74) is 0.878. The van der Waals surface area contributed by atoms with Crippen molar-refractivity contribution in [2.75, 3.05) is 34.4 Å². The number of hydrogen-bond acceptors (Lipinski definition) is 6. The molecule has 2 aromatic carbocycles. The van der Waals surface area contributed by atoms with E-state index in [1.165, 1.54) is 31.3 Å². The summed E-state index contributed by atoms with van der Waals surface area (Å²) in [5, 5.41) is 21.4. The van der Waals surface area contributed by atoms with E-state index in [1.807, 2.05) is 0 Å². The van der Waals surface area contributed by atoms with Crippen LogP contribution in [-0.4, -0.2) is 61.2 Å². The maximum Gasteiger partial charge on any atom is 0.228 e. The molecule has 0 bridgehead atoms. The van der Waals surface area contributed by atoms with E-state index in [1.54, 1.807) is 37.4 Å². The number of carbonyl (C=O) groups excluding carboxylic acids is 2. The largest absolute Gasteiger partial charge is 0.507 e. The number of nitrogens with zero attached hydrogens (tertiary/aromatic N) is 1. The van der Waals surface area contributed by atoms with Crippen molar-refractivity contribution in [3.8, 4) is 17.2 Å². The number of ether oxygens (including phenoxy) is 2. The minimum atomic E-state index is -0.750. The SMILES string of the molecule is COc1cc(OC)c(C2CN(C)C(=O)C2CO)c(O)c1C(=O)/C=C/c1ccccc1Cl. The van der Waals surface area contributed by atoms with E-state index < -0.39 is 24.2 Å². The first kappa shape index (κ1) is 22.7. The number of amides is 1. The average Bonchev–Trinajstić information content (AvgIpc) is 3.05. The van der Waals surface area contributed by atoms with E-state index in [2.05, 4.69) is 0 Å². The molecule has 0 aromatic heterocycles. The van der Waals surface area contributed by atoms with E-state index in [0.717, 1.165) is 0 Å². The molecule has 0 spiro atoms. The molecule has 1 aliphatic rings. The molecule has 2 atom stereocenters. The van der Waals surface area contributed by atoms with Crippen molar-refractivity contribution in [2.24, 2.45) is 5.92 Å². The molecule has 1 heterocycles. The molecule has 2 N–H and O–H groups in total. The number of rotatable bonds is 7. The summed E-state index contributed by atoms with van der Waals surface area (Å²) in [5.74, 6) is -1.98. The van der Waals surface area contributed by atoms with Gasteiger partial charge in [-0.1, -0.05) is 29.8 Å². The Morgan fingerprint density at radius 2 is 1.94 bits per heavy atom. The van der Waals surface area contributed by atoms with Gasteiger partial charge in [-0.2, -0.15) is 0 Å². The first-order valence-electron chi connectivity index (χ1n) is 9.64. The molecule has 0 radical (unpaired) electrons. The van der Waals surface area contributed by atoms with E-state index in [-0.39, 0.29) is 40.8 Å². The lowest BCUT2D eigenvalue weighted by atomic mass is 9.85. The van der Waals surface area contributed by atoms with Crippen LogP contribution in [0.3, 0.4) is 0 Å². The summed E-state index contributed by atoms with van der Waals surface area (Å²) in [7, 11) is 4.42.